The van der Waals surface area contributed by atoms with Crippen LogP contribution in [0.5, 0.6) is 0 Å². The first-order chi connectivity index (χ1) is 27.7. The summed E-state index contributed by atoms with van der Waals surface area (Å²) < 4.78 is 13.0. The van der Waals surface area contributed by atoms with Gasteiger partial charge in [0.15, 0.2) is 23.1 Å². The molecule has 0 radical (unpaired) electrons. The van der Waals surface area contributed by atoms with Crippen molar-refractivity contribution in [3.63, 3.8) is 0 Å². The van der Waals surface area contributed by atoms with Gasteiger partial charge in [-0.3, -0.25) is 0 Å². The van der Waals surface area contributed by atoms with E-state index in [-0.39, 0.29) is 0 Å². The molecule has 0 bridgehead atoms. The molecule has 0 fully saturated rings. The molecule has 262 valence electrons. The first-order valence-electron chi connectivity index (χ1n) is 18.5. The van der Waals surface area contributed by atoms with Crippen LogP contribution in [0.4, 0.5) is 0 Å². The van der Waals surface area contributed by atoms with Gasteiger partial charge in [-0.15, -0.1) is 0 Å². The standard InChI is InChI=1S/C50H30N4O2/c1-5-13-31(14-6-1)36-23-25-38(39(29-36)32-15-7-2-8-16-32)49-53-47(34-17-9-3-10-18-34)52-48(54-49)37-22-21-33-24-27-42-44(40(33)30-37)45-43(55-42)28-26-41-46(45)56-50(51-41)35-19-11-4-12-20-35/h1-30H. The normalized spacial score (nSPS) is 11.6. The van der Waals surface area contributed by atoms with Crippen LogP contribution in [0.2, 0.25) is 0 Å². The van der Waals surface area contributed by atoms with E-state index < -0.39 is 0 Å². The van der Waals surface area contributed by atoms with Crippen LogP contribution in [0.15, 0.2) is 191 Å². The smallest absolute Gasteiger partial charge is 0.227 e. The van der Waals surface area contributed by atoms with E-state index in [9.17, 15) is 0 Å². The van der Waals surface area contributed by atoms with E-state index in [1.165, 1.54) is 0 Å². The van der Waals surface area contributed by atoms with Crippen LogP contribution in [0.25, 0.3) is 112 Å². The van der Waals surface area contributed by atoms with Gasteiger partial charge in [-0.25, -0.2) is 19.9 Å². The molecular weight excluding hydrogens is 689 g/mol. The van der Waals surface area contributed by atoms with Gasteiger partial charge in [0.2, 0.25) is 5.89 Å². The Kier molecular flexibility index (Phi) is 7.38. The maximum absolute atomic E-state index is 6.51. The van der Waals surface area contributed by atoms with E-state index in [0.29, 0.717) is 28.9 Å². The van der Waals surface area contributed by atoms with Crippen molar-refractivity contribution in [1.82, 2.24) is 19.9 Å². The zero-order valence-electron chi connectivity index (χ0n) is 29.9. The van der Waals surface area contributed by atoms with E-state index in [4.69, 9.17) is 28.8 Å². The van der Waals surface area contributed by atoms with Gasteiger partial charge in [-0.2, -0.15) is 0 Å². The summed E-state index contributed by atoms with van der Waals surface area (Å²) in [6.45, 7) is 0. The quantitative estimate of drug-likeness (QED) is 0.170. The maximum atomic E-state index is 6.51. The molecule has 6 nitrogen and oxygen atoms in total. The lowest BCUT2D eigenvalue weighted by Gasteiger charge is -2.14. The summed E-state index contributed by atoms with van der Waals surface area (Å²) in [5.74, 6) is 2.33. The average molecular weight is 719 g/mol. The minimum Gasteiger partial charge on any atom is -0.456 e. The highest BCUT2D eigenvalue weighted by molar-refractivity contribution is 6.25. The molecule has 3 aromatic heterocycles. The van der Waals surface area contributed by atoms with Gasteiger partial charge in [0.25, 0.3) is 0 Å². The molecule has 3 heterocycles. The van der Waals surface area contributed by atoms with Crippen LogP contribution in [0, 0.1) is 0 Å². The number of hydrogen-bond donors (Lipinski definition) is 0. The summed E-state index contributed by atoms with van der Waals surface area (Å²) in [7, 11) is 0. The fraction of sp³-hybridized carbons (Fsp3) is 0. The molecule has 0 aliphatic heterocycles. The van der Waals surface area contributed by atoms with Crippen molar-refractivity contribution in [1.29, 1.82) is 0 Å². The topological polar surface area (TPSA) is 77.8 Å². The van der Waals surface area contributed by atoms with Crippen molar-refractivity contribution in [2.75, 3.05) is 0 Å². The average Bonchev–Trinajstić information content (AvgIpc) is 3.89. The summed E-state index contributed by atoms with van der Waals surface area (Å²) in [6, 6.07) is 61.8. The Morgan fingerprint density at radius 2 is 0.911 bits per heavy atom. The molecule has 0 aliphatic carbocycles. The van der Waals surface area contributed by atoms with Gasteiger partial charge in [0, 0.05) is 27.6 Å². The number of hydrogen-bond acceptors (Lipinski definition) is 6. The molecule has 0 atom stereocenters. The number of oxazole rings is 1. The zero-order valence-corrected chi connectivity index (χ0v) is 29.9. The summed E-state index contributed by atoms with van der Waals surface area (Å²) in [5.41, 5.74) is 11.0. The third kappa shape index (κ3) is 5.43. The van der Waals surface area contributed by atoms with Gasteiger partial charge in [-0.05, 0) is 81.6 Å². The number of rotatable bonds is 6. The van der Waals surface area contributed by atoms with Gasteiger partial charge in [0.1, 0.15) is 16.7 Å². The summed E-state index contributed by atoms with van der Waals surface area (Å²) >= 11 is 0. The molecule has 0 unspecified atom stereocenters. The predicted octanol–water partition coefficient (Wildman–Crippen LogP) is 13.1. The highest BCUT2D eigenvalue weighted by Crippen LogP contribution is 2.41. The number of fused-ring (bicyclic) bond motifs is 7. The van der Waals surface area contributed by atoms with Crippen molar-refractivity contribution in [3.05, 3.63) is 182 Å². The highest BCUT2D eigenvalue weighted by Gasteiger charge is 2.21. The molecule has 0 amide bonds. The Labute approximate surface area is 321 Å². The Morgan fingerprint density at radius 3 is 1.64 bits per heavy atom. The van der Waals surface area contributed by atoms with E-state index in [1.54, 1.807) is 0 Å². The summed E-state index contributed by atoms with van der Waals surface area (Å²) in [4.78, 5) is 20.3. The highest BCUT2D eigenvalue weighted by atomic mass is 16.4. The fourth-order valence-corrected chi connectivity index (χ4v) is 7.65. The lowest BCUT2D eigenvalue weighted by Crippen LogP contribution is -2.01. The Bertz CT molecular complexity index is 3230. The minimum atomic E-state index is 0.571. The van der Waals surface area contributed by atoms with Crippen LogP contribution in [-0.4, -0.2) is 19.9 Å². The van der Waals surface area contributed by atoms with E-state index in [0.717, 1.165) is 82.7 Å². The fourth-order valence-electron chi connectivity index (χ4n) is 7.65. The Balaban J connectivity index is 1.13. The number of nitrogens with zero attached hydrogens (tertiary/aromatic N) is 4. The first-order valence-corrected chi connectivity index (χ1v) is 18.5. The van der Waals surface area contributed by atoms with Gasteiger partial charge in [0.05, 0.1) is 5.39 Å². The van der Waals surface area contributed by atoms with Crippen LogP contribution in [0.3, 0.4) is 0 Å². The van der Waals surface area contributed by atoms with Gasteiger partial charge < -0.3 is 8.83 Å². The largest absolute Gasteiger partial charge is 0.456 e. The zero-order chi connectivity index (χ0) is 37.0. The van der Waals surface area contributed by atoms with Crippen molar-refractivity contribution in [2.45, 2.75) is 0 Å². The number of furan rings is 1. The molecule has 0 spiro atoms. The monoisotopic (exact) mass is 718 g/mol. The van der Waals surface area contributed by atoms with Crippen LogP contribution in [0.1, 0.15) is 0 Å². The van der Waals surface area contributed by atoms with Crippen molar-refractivity contribution >= 4 is 43.8 Å². The number of benzene rings is 8. The van der Waals surface area contributed by atoms with Gasteiger partial charge >= 0.3 is 0 Å². The molecule has 8 aromatic carbocycles. The third-order valence-electron chi connectivity index (χ3n) is 10.4. The molecule has 0 saturated heterocycles. The molecule has 11 rings (SSSR count). The van der Waals surface area contributed by atoms with Gasteiger partial charge in [-0.1, -0.05) is 133 Å². The summed E-state index contributed by atoms with van der Waals surface area (Å²) in [5, 5.41) is 3.91. The molecule has 6 heteroatoms. The second-order valence-electron chi connectivity index (χ2n) is 13.8. The Morgan fingerprint density at radius 1 is 0.339 bits per heavy atom. The summed E-state index contributed by atoms with van der Waals surface area (Å²) in [6.07, 6.45) is 0. The second-order valence-corrected chi connectivity index (χ2v) is 13.8. The predicted molar refractivity (Wildman–Crippen MR) is 225 cm³/mol. The van der Waals surface area contributed by atoms with E-state index in [1.807, 2.05) is 91.0 Å². The van der Waals surface area contributed by atoms with E-state index in [2.05, 4.69) is 91.0 Å². The van der Waals surface area contributed by atoms with Crippen LogP contribution in [-0.2, 0) is 0 Å². The third-order valence-corrected chi connectivity index (χ3v) is 10.4. The molecule has 11 aromatic rings. The molecule has 56 heavy (non-hydrogen) atoms. The molecular formula is C50H30N4O2. The molecule has 0 N–H and O–H groups in total. The van der Waals surface area contributed by atoms with Crippen molar-refractivity contribution in [2.24, 2.45) is 0 Å². The van der Waals surface area contributed by atoms with Crippen molar-refractivity contribution in [3.8, 4) is 67.9 Å². The SMILES string of the molecule is c1ccc(-c2ccc(-c3nc(-c4ccccc4)nc(-c4ccc5ccc6oc7ccc8nc(-c9ccccc9)oc8c7c6c5c4)n3)c(-c3ccccc3)c2)cc1. The maximum Gasteiger partial charge on any atom is 0.227 e. The van der Waals surface area contributed by atoms with Crippen LogP contribution < -0.4 is 0 Å². The first kappa shape index (κ1) is 31.8. The van der Waals surface area contributed by atoms with Crippen molar-refractivity contribution < 1.29 is 8.83 Å². The molecule has 0 aliphatic rings. The Hall–Kier alpha value is -7.70. The number of aromatic nitrogens is 4. The van der Waals surface area contributed by atoms with Crippen LogP contribution >= 0.6 is 0 Å². The second kappa shape index (κ2) is 13.0. The molecule has 0 saturated carbocycles. The lowest BCUT2D eigenvalue weighted by molar-refractivity contribution is 0.622. The minimum absolute atomic E-state index is 0.571. The van der Waals surface area contributed by atoms with E-state index >= 15 is 0 Å². The lowest BCUT2D eigenvalue weighted by atomic mass is 9.94.